The van der Waals surface area contributed by atoms with Crippen LogP contribution < -0.4 is 36.4 Å². The van der Waals surface area contributed by atoms with E-state index in [1.807, 2.05) is 24.5 Å². The summed E-state index contributed by atoms with van der Waals surface area (Å²) in [5.41, 5.74) is 0.575. The molecule has 0 aromatic carbocycles. The van der Waals surface area contributed by atoms with Gasteiger partial charge in [0.2, 0.25) is 23.6 Å². The summed E-state index contributed by atoms with van der Waals surface area (Å²) in [6.45, 7) is 13.1. The maximum Gasteiger partial charge on any atom is 0.405 e. The third-order valence-corrected chi connectivity index (χ3v) is 18.9. The van der Waals surface area contributed by atoms with Gasteiger partial charge in [0, 0.05) is 143 Å². The molecule has 9 N–H and O–H groups in total. The first-order valence-electron chi connectivity index (χ1n) is 34.9. The second-order valence-electron chi connectivity index (χ2n) is 27.5. The molecule has 28 nitrogen and oxygen atoms in total. The molecule has 2 fully saturated rings. The van der Waals surface area contributed by atoms with Crippen LogP contribution >= 0.6 is 23.2 Å². The Balaban J connectivity index is 0.000000328. The second kappa shape index (κ2) is 33.0. The van der Waals surface area contributed by atoms with Crippen molar-refractivity contribution in [3.8, 4) is 45.6 Å². The largest absolute Gasteiger partial charge is 0.405 e. The first-order valence-corrected chi connectivity index (χ1v) is 35.6. The lowest BCUT2D eigenvalue weighted by atomic mass is 9.97. The Morgan fingerprint density at radius 1 is 0.527 bits per heavy atom. The number of rotatable bonds is 18. The van der Waals surface area contributed by atoms with Crippen molar-refractivity contribution >= 4 is 114 Å². The van der Waals surface area contributed by atoms with Crippen molar-refractivity contribution in [1.29, 1.82) is 0 Å². The molecular weight excluding hydrogens is 1520 g/mol. The van der Waals surface area contributed by atoms with Gasteiger partial charge in [-0.1, -0.05) is 23.2 Å². The lowest BCUT2D eigenvalue weighted by Gasteiger charge is -2.35. The zero-order valence-electron chi connectivity index (χ0n) is 61.5. The fourth-order valence-electron chi connectivity index (χ4n) is 12.7. The SMILES string of the molecule is CCN(C)C(=O)C(C)(C)Nc1ccnc(-c2c[nH]c3ncc(F)cc23)n1.CCNC(=O)C(C)(C)Nc1ccnc(-c2c[nH]c3ncc(F)cc23)n1.C[C@]1(C(=O)NCC(F)(F)F)CCCN1c1ccnc(-c2c[nH]c3ncc(Cl)cc23)n1.C[C@]1(C(=O)NCC(F)(F)F)CCCN1c1nc(-c2c[nH]c3ncc(Cl)cc23)ncc1F.[HH].[HH].[HH].[HH].[HH].[HH].[HH]. The molecular formula is C73H89Cl2F9N24O4. The molecule has 2 aliphatic heterocycles. The Bertz CT molecular complexity index is 5480. The molecule has 12 aromatic heterocycles. The number of likely N-dealkylation sites (N-methyl/N-ethyl adjacent to an activating group) is 2. The van der Waals surface area contributed by atoms with Crippen molar-refractivity contribution in [3.05, 3.63) is 144 Å². The molecule has 2 aliphatic rings. The Hall–Kier alpha value is -11.9. The molecule has 14 heterocycles. The maximum absolute atomic E-state index is 14.7. The molecule has 4 amide bonds. The van der Waals surface area contributed by atoms with Crippen molar-refractivity contribution in [2.24, 2.45) is 0 Å². The average Bonchev–Trinajstić information content (AvgIpc) is 1.64. The van der Waals surface area contributed by atoms with E-state index in [9.17, 15) is 58.7 Å². The van der Waals surface area contributed by atoms with E-state index in [4.69, 9.17) is 23.2 Å². The van der Waals surface area contributed by atoms with Crippen LogP contribution in [0.4, 0.5) is 62.8 Å². The summed E-state index contributed by atoms with van der Waals surface area (Å²) in [7, 11) is 1.75. The van der Waals surface area contributed by atoms with E-state index < -0.39 is 76.9 Å². The number of nitrogens with one attached hydrogen (secondary N) is 9. The van der Waals surface area contributed by atoms with Crippen molar-refractivity contribution in [2.75, 3.05) is 66.7 Å². The number of aromatic amines is 4. The van der Waals surface area contributed by atoms with Gasteiger partial charge in [-0.05, 0) is 124 Å². The minimum atomic E-state index is -4.55. The van der Waals surface area contributed by atoms with E-state index >= 15 is 0 Å². The number of aromatic nitrogens is 16. The fraction of sp³-hybridized carbons (Fsp3) is 0.342. The van der Waals surface area contributed by atoms with Crippen LogP contribution in [0.5, 0.6) is 0 Å². The van der Waals surface area contributed by atoms with Crippen LogP contribution in [-0.2, 0) is 19.2 Å². The number of amides is 4. The van der Waals surface area contributed by atoms with Gasteiger partial charge in [-0.15, -0.1) is 0 Å². The number of anilines is 4. The van der Waals surface area contributed by atoms with Crippen LogP contribution in [0.25, 0.3) is 89.7 Å². The maximum atomic E-state index is 14.7. The van der Waals surface area contributed by atoms with Gasteiger partial charge in [0.05, 0.1) is 28.6 Å². The molecule has 2 atom stereocenters. The molecule has 0 radical (unpaired) electrons. The molecule has 2 saturated heterocycles. The Labute approximate surface area is 653 Å². The number of alkyl halides is 6. The van der Waals surface area contributed by atoms with E-state index in [0.717, 1.165) is 24.0 Å². The van der Waals surface area contributed by atoms with Crippen LogP contribution in [-0.4, -0.2) is 189 Å². The van der Waals surface area contributed by atoms with Gasteiger partial charge in [-0.2, -0.15) is 26.3 Å². The van der Waals surface area contributed by atoms with Gasteiger partial charge in [0.15, 0.2) is 34.9 Å². The third-order valence-electron chi connectivity index (χ3n) is 18.5. The number of hydrogen-bond acceptors (Lipinski definition) is 20. The molecule has 0 saturated carbocycles. The Morgan fingerprint density at radius 3 is 1.38 bits per heavy atom. The first kappa shape index (κ1) is 81.1. The van der Waals surface area contributed by atoms with Crippen LogP contribution in [0.1, 0.15) is 91.1 Å². The number of hydrogen-bond donors (Lipinski definition) is 9. The molecule has 0 aliphatic carbocycles. The summed E-state index contributed by atoms with van der Waals surface area (Å²) in [5, 5.41) is 16.4. The summed E-state index contributed by atoms with van der Waals surface area (Å²) in [6.07, 6.45) is 10.5. The number of nitrogens with zero attached hydrogens (tertiary/aromatic N) is 15. The molecule has 0 unspecified atom stereocenters. The minimum absolute atomic E-state index is 0. The number of H-pyrrole nitrogens is 4. The number of fused-ring (bicyclic) bond motifs is 4. The smallest absolute Gasteiger partial charge is 0.356 e. The van der Waals surface area contributed by atoms with E-state index in [-0.39, 0.29) is 46.4 Å². The highest BCUT2D eigenvalue weighted by Crippen LogP contribution is 2.39. The number of carbonyl (C=O) groups excluding carboxylic acids is 4. The topological polar surface area (TPSA) is 356 Å². The summed E-state index contributed by atoms with van der Waals surface area (Å²) >= 11 is 12.1. The predicted octanol–water partition coefficient (Wildman–Crippen LogP) is 14.6. The van der Waals surface area contributed by atoms with Crippen LogP contribution in [0.2, 0.25) is 10.0 Å². The van der Waals surface area contributed by atoms with Crippen LogP contribution in [0, 0.1) is 17.5 Å². The summed E-state index contributed by atoms with van der Waals surface area (Å²) < 4.78 is 117. The Kier molecular flexibility index (Phi) is 23.9. The van der Waals surface area contributed by atoms with Gasteiger partial charge in [0.25, 0.3) is 0 Å². The minimum Gasteiger partial charge on any atom is -0.356 e. The normalized spacial score (nSPS) is 15.8. The van der Waals surface area contributed by atoms with Crippen molar-refractivity contribution in [3.63, 3.8) is 0 Å². The fourth-order valence-corrected chi connectivity index (χ4v) is 13.0. The lowest BCUT2D eigenvalue weighted by molar-refractivity contribution is -0.141. The zero-order valence-corrected chi connectivity index (χ0v) is 63.1. The number of pyridine rings is 4. The van der Waals surface area contributed by atoms with Crippen LogP contribution in [0.3, 0.4) is 0 Å². The number of halogens is 11. The van der Waals surface area contributed by atoms with Gasteiger partial charge in [0.1, 0.15) is 86.9 Å². The predicted molar refractivity (Wildman–Crippen MR) is 419 cm³/mol. The summed E-state index contributed by atoms with van der Waals surface area (Å²) in [6, 6.07) is 11.2. The van der Waals surface area contributed by atoms with Crippen molar-refractivity contribution in [2.45, 2.75) is 116 Å². The third kappa shape index (κ3) is 18.4. The molecule has 0 bridgehead atoms. The highest BCUT2D eigenvalue weighted by molar-refractivity contribution is 6.31. The van der Waals surface area contributed by atoms with Gasteiger partial charge in [-0.3, -0.25) is 19.2 Å². The Morgan fingerprint density at radius 2 is 0.929 bits per heavy atom. The standard InChI is InChI=1S/C19H17ClF4N6O.C19H18ClF3N6O.C18H21FN6O.C17H19FN6O.7H2/c1-18(17(31)28-9-19(22,23)24)3-2-4-30(18)16-13(21)8-27-15(29-16)12-7-26-14-11(12)5-10(20)6-25-14;1-18(17(30)27-10-19(21,22)23)4-2-6-29(18)14-3-5-24-16(28-14)13-9-26-15-12(13)7-11(20)8-25-15;1-5-25(4)17(26)18(2,3)24-14-6-7-20-16(23-14)13-10-22-15-12(13)8-11(19)9-21-15;1-4-19-16(25)17(2,3)24-13-5-6-20-15(23-13)12-9-22-14-11(12)7-10(18)8-21-14;;;;;;;/h5-8H,2-4,9H2,1H3,(H,25,26)(H,28,31);3,5,7-9H,2,4,6,10H2,1H3,(H,25,26)(H,27,30);6-10H,5H2,1-4H3,(H,21,22)(H,20,23,24);5-9H,4H2,1-3H3,(H,19,25)(H,21,22)(H,20,23,24);7*1H/t2*18-;;;;;;;;;/m11........./s1. The van der Waals surface area contributed by atoms with E-state index in [1.54, 1.807) is 125 Å². The highest BCUT2D eigenvalue weighted by atomic mass is 35.5. The average molecular weight is 1610 g/mol. The number of carbonyl (C=O) groups is 4. The molecule has 0 spiro atoms. The lowest BCUT2D eigenvalue weighted by Crippen LogP contribution is -2.55. The van der Waals surface area contributed by atoms with Gasteiger partial charge >= 0.3 is 12.4 Å². The second-order valence-corrected chi connectivity index (χ2v) is 28.3. The van der Waals surface area contributed by atoms with E-state index in [1.165, 1.54) is 36.4 Å². The first-order chi connectivity index (χ1) is 53.0. The highest BCUT2D eigenvalue weighted by Gasteiger charge is 2.47. The van der Waals surface area contributed by atoms with E-state index in [0.29, 0.717) is 145 Å². The molecule has 39 heteroatoms. The molecule has 12 aromatic rings. The van der Waals surface area contributed by atoms with Gasteiger partial charge in [-0.25, -0.2) is 73.0 Å². The van der Waals surface area contributed by atoms with E-state index in [2.05, 4.69) is 95.7 Å². The van der Waals surface area contributed by atoms with Crippen molar-refractivity contribution < 1.29 is 68.7 Å². The molecule has 112 heavy (non-hydrogen) atoms. The quantitative estimate of drug-likeness (QED) is 0.0360. The molecule has 14 rings (SSSR count). The summed E-state index contributed by atoms with van der Waals surface area (Å²) in [5.74, 6) is -0.629. The summed E-state index contributed by atoms with van der Waals surface area (Å²) in [4.78, 5) is 118. The van der Waals surface area contributed by atoms with Crippen LogP contribution in [0.15, 0.2) is 117 Å². The molecule has 602 valence electrons. The monoisotopic (exact) mass is 1610 g/mol. The zero-order chi connectivity index (χ0) is 80.8. The van der Waals surface area contributed by atoms with Gasteiger partial charge < -0.3 is 61.2 Å². The van der Waals surface area contributed by atoms with Crippen molar-refractivity contribution in [1.82, 2.24) is 101 Å².